The molecule has 1 aromatic rings. The number of carbonyl (C=O) groups is 1. The molecule has 0 aliphatic rings. The van der Waals surface area contributed by atoms with E-state index in [0.717, 1.165) is 11.3 Å². The number of carbonyl (C=O) groups excluding carboxylic acids is 1. The highest BCUT2D eigenvalue weighted by atomic mass is 16.5. The predicted molar refractivity (Wildman–Crippen MR) is 76.9 cm³/mol. The van der Waals surface area contributed by atoms with Crippen LogP contribution in [0.4, 0.5) is 0 Å². The molecular formula is C15H23NO4. The Bertz CT molecular complexity index is 418. The summed E-state index contributed by atoms with van der Waals surface area (Å²) >= 11 is 0. The van der Waals surface area contributed by atoms with Crippen LogP contribution >= 0.6 is 0 Å². The molecular weight excluding hydrogens is 258 g/mol. The van der Waals surface area contributed by atoms with Crippen LogP contribution in [0.1, 0.15) is 19.4 Å². The van der Waals surface area contributed by atoms with E-state index < -0.39 is 5.54 Å². The fourth-order valence-corrected chi connectivity index (χ4v) is 1.89. The van der Waals surface area contributed by atoms with Crippen molar-refractivity contribution in [2.75, 3.05) is 34.0 Å². The molecule has 1 N–H and O–H groups in total. The van der Waals surface area contributed by atoms with Crippen LogP contribution in [0.25, 0.3) is 0 Å². The average molecular weight is 281 g/mol. The first kappa shape index (κ1) is 16.5. The smallest absolute Gasteiger partial charge is 0.330 e. The second-order valence-corrected chi connectivity index (χ2v) is 4.49. The highest BCUT2D eigenvalue weighted by Gasteiger charge is 2.36. The van der Waals surface area contributed by atoms with E-state index in [9.17, 15) is 4.79 Å². The van der Waals surface area contributed by atoms with E-state index in [0.29, 0.717) is 19.8 Å². The van der Waals surface area contributed by atoms with E-state index in [4.69, 9.17) is 14.2 Å². The normalized spacial score (nSPS) is 13.6. The Morgan fingerprint density at radius 3 is 2.40 bits per heavy atom. The van der Waals surface area contributed by atoms with E-state index in [1.54, 1.807) is 21.1 Å². The van der Waals surface area contributed by atoms with Gasteiger partial charge in [-0.15, -0.1) is 0 Å². The van der Waals surface area contributed by atoms with Crippen molar-refractivity contribution in [3.05, 3.63) is 29.8 Å². The topological polar surface area (TPSA) is 56.8 Å². The molecule has 0 aromatic heterocycles. The summed E-state index contributed by atoms with van der Waals surface area (Å²) < 4.78 is 15.3. The third-order valence-electron chi connectivity index (χ3n) is 3.14. The number of rotatable bonds is 8. The van der Waals surface area contributed by atoms with E-state index in [-0.39, 0.29) is 5.97 Å². The maximum Gasteiger partial charge on any atom is 0.330 e. The lowest BCUT2D eigenvalue weighted by atomic mass is 9.92. The van der Waals surface area contributed by atoms with Crippen LogP contribution in [0.15, 0.2) is 24.3 Å². The van der Waals surface area contributed by atoms with Gasteiger partial charge in [-0.05, 0) is 31.5 Å². The second kappa shape index (κ2) is 7.87. The number of ether oxygens (including phenoxy) is 3. The summed E-state index contributed by atoms with van der Waals surface area (Å²) in [6.45, 7) is 5.02. The van der Waals surface area contributed by atoms with Crippen LogP contribution in [0, 0.1) is 0 Å². The van der Waals surface area contributed by atoms with Gasteiger partial charge in [0.1, 0.15) is 11.3 Å². The first-order valence-electron chi connectivity index (χ1n) is 6.64. The fraction of sp³-hybridized carbons (Fsp3) is 0.533. The zero-order chi connectivity index (χ0) is 15.0. The van der Waals surface area contributed by atoms with Crippen molar-refractivity contribution in [2.24, 2.45) is 0 Å². The molecule has 1 rings (SSSR count). The van der Waals surface area contributed by atoms with Crippen molar-refractivity contribution in [2.45, 2.75) is 19.4 Å². The van der Waals surface area contributed by atoms with Crippen LogP contribution in [0.5, 0.6) is 5.75 Å². The molecule has 0 heterocycles. The Hall–Kier alpha value is -1.59. The van der Waals surface area contributed by atoms with Crippen LogP contribution in [0.3, 0.4) is 0 Å². The monoisotopic (exact) mass is 281 g/mol. The molecule has 0 saturated carbocycles. The summed E-state index contributed by atoms with van der Waals surface area (Å²) in [5.74, 6) is 0.443. The number of methoxy groups -OCH3 is 2. The molecule has 1 aromatic carbocycles. The first-order chi connectivity index (χ1) is 9.58. The molecule has 112 valence electrons. The zero-order valence-corrected chi connectivity index (χ0v) is 12.6. The van der Waals surface area contributed by atoms with Gasteiger partial charge in [0, 0.05) is 13.7 Å². The van der Waals surface area contributed by atoms with Gasteiger partial charge in [-0.2, -0.15) is 0 Å². The van der Waals surface area contributed by atoms with Crippen molar-refractivity contribution in [3.8, 4) is 5.75 Å². The van der Waals surface area contributed by atoms with Crippen molar-refractivity contribution in [1.29, 1.82) is 0 Å². The molecule has 0 spiro atoms. The van der Waals surface area contributed by atoms with Crippen LogP contribution in [-0.4, -0.2) is 39.9 Å². The van der Waals surface area contributed by atoms with Gasteiger partial charge in [-0.3, -0.25) is 5.32 Å². The highest BCUT2D eigenvalue weighted by molar-refractivity contribution is 5.82. The number of esters is 1. The molecule has 0 bridgehead atoms. The molecule has 0 radical (unpaired) electrons. The number of hydrogen-bond donors (Lipinski definition) is 1. The summed E-state index contributed by atoms with van der Waals surface area (Å²) in [5.41, 5.74) is -0.0753. The van der Waals surface area contributed by atoms with Gasteiger partial charge in [0.25, 0.3) is 0 Å². The van der Waals surface area contributed by atoms with Crippen molar-refractivity contribution < 1.29 is 19.0 Å². The van der Waals surface area contributed by atoms with E-state index >= 15 is 0 Å². The molecule has 1 atom stereocenters. The summed E-state index contributed by atoms with van der Waals surface area (Å²) in [7, 11) is 3.23. The van der Waals surface area contributed by atoms with Crippen LogP contribution in [0.2, 0.25) is 0 Å². The van der Waals surface area contributed by atoms with Gasteiger partial charge < -0.3 is 14.2 Å². The van der Waals surface area contributed by atoms with Crippen molar-refractivity contribution in [3.63, 3.8) is 0 Å². The lowest BCUT2D eigenvalue weighted by molar-refractivity contribution is -0.151. The van der Waals surface area contributed by atoms with Gasteiger partial charge in [-0.25, -0.2) is 4.79 Å². The fourth-order valence-electron chi connectivity index (χ4n) is 1.89. The third-order valence-corrected chi connectivity index (χ3v) is 3.14. The maximum atomic E-state index is 12.3. The van der Waals surface area contributed by atoms with E-state index in [2.05, 4.69) is 5.32 Å². The molecule has 5 heteroatoms. The highest BCUT2D eigenvalue weighted by Crippen LogP contribution is 2.24. The third kappa shape index (κ3) is 3.95. The molecule has 0 fully saturated rings. The summed E-state index contributed by atoms with van der Waals surface area (Å²) in [6, 6.07) is 7.36. The summed E-state index contributed by atoms with van der Waals surface area (Å²) in [4.78, 5) is 12.3. The quantitative estimate of drug-likeness (QED) is 0.580. The minimum atomic E-state index is -0.902. The first-order valence-corrected chi connectivity index (χ1v) is 6.64. The Morgan fingerprint density at radius 1 is 1.25 bits per heavy atom. The van der Waals surface area contributed by atoms with Gasteiger partial charge in [-0.1, -0.05) is 12.1 Å². The molecule has 0 aliphatic carbocycles. The Kier molecular flexibility index (Phi) is 6.48. The summed E-state index contributed by atoms with van der Waals surface area (Å²) in [5, 5.41) is 3.20. The Morgan fingerprint density at radius 2 is 1.90 bits per heavy atom. The van der Waals surface area contributed by atoms with Crippen LogP contribution in [-0.2, 0) is 19.8 Å². The van der Waals surface area contributed by atoms with E-state index in [1.807, 2.05) is 31.2 Å². The molecule has 0 amide bonds. The molecule has 0 saturated heterocycles. The average Bonchev–Trinajstić information content (AvgIpc) is 2.47. The number of nitrogens with one attached hydrogen (secondary N) is 1. The van der Waals surface area contributed by atoms with Crippen molar-refractivity contribution >= 4 is 5.97 Å². The zero-order valence-electron chi connectivity index (χ0n) is 12.6. The SMILES string of the molecule is CCOC(=O)C(C)(NCCOC)c1ccc(OC)cc1. The predicted octanol–water partition coefficient (Wildman–Crippen LogP) is 1.71. The molecule has 5 nitrogen and oxygen atoms in total. The van der Waals surface area contributed by atoms with E-state index in [1.165, 1.54) is 0 Å². The minimum absolute atomic E-state index is 0.304. The number of benzene rings is 1. The van der Waals surface area contributed by atoms with Crippen LogP contribution < -0.4 is 10.1 Å². The van der Waals surface area contributed by atoms with Gasteiger partial charge in [0.05, 0.1) is 20.3 Å². The summed E-state index contributed by atoms with van der Waals surface area (Å²) in [6.07, 6.45) is 0. The number of hydrogen-bond acceptors (Lipinski definition) is 5. The molecule has 0 aliphatic heterocycles. The van der Waals surface area contributed by atoms with Crippen molar-refractivity contribution in [1.82, 2.24) is 5.32 Å². The second-order valence-electron chi connectivity index (χ2n) is 4.49. The molecule has 1 unspecified atom stereocenters. The lowest BCUT2D eigenvalue weighted by Gasteiger charge is -2.29. The molecule has 20 heavy (non-hydrogen) atoms. The van der Waals surface area contributed by atoms with Gasteiger partial charge in [0.15, 0.2) is 0 Å². The minimum Gasteiger partial charge on any atom is -0.497 e. The standard InChI is InChI=1S/C15H23NO4/c1-5-20-14(17)15(2,16-10-11-18-3)12-6-8-13(19-4)9-7-12/h6-9,16H,5,10-11H2,1-4H3. The Balaban J connectivity index is 2.97. The maximum absolute atomic E-state index is 12.3. The van der Waals surface area contributed by atoms with Gasteiger partial charge in [0.2, 0.25) is 0 Å². The Labute approximate surface area is 120 Å². The largest absolute Gasteiger partial charge is 0.497 e. The van der Waals surface area contributed by atoms with Gasteiger partial charge >= 0.3 is 5.97 Å². The lowest BCUT2D eigenvalue weighted by Crippen LogP contribution is -2.48.